The first-order valence-corrected chi connectivity index (χ1v) is 9.16. The van der Waals surface area contributed by atoms with Crippen LogP contribution in [0.5, 0.6) is 0 Å². The van der Waals surface area contributed by atoms with Gasteiger partial charge in [-0.2, -0.15) is 0 Å². The minimum atomic E-state index is -0.902. The molecule has 0 saturated carbocycles. The first-order chi connectivity index (χ1) is 12.6. The molecule has 1 aromatic carbocycles. The van der Waals surface area contributed by atoms with Gasteiger partial charge in [-0.3, -0.25) is 4.79 Å². The van der Waals surface area contributed by atoms with Crippen LogP contribution < -0.4 is 0 Å². The van der Waals surface area contributed by atoms with Crippen molar-refractivity contribution in [2.75, 3.05) is 13.1 Å². The number of carbonyl (C=O) groups is 2. The van der Waals surface area contributed by atoms with Gasteiger partial charge in [-0.1, -0.05) is 19.1 Å². The van der Waals surface area contributed by atoms with E-state index in [0.717, 1.165) is 43.7 Å². The van der Waals surface area contributed by atoms with Crippen molar-refractivity contribution in [3.63, 3.8) is 0 Å². The van der Waals surface area contributed by atoms with Crippen LogP contribution in [0.2, 0.25) is 0 Å². The zero-order valence-electron chi connectivity index (χ0n) is 15.1. The van der Waals surface area contributed by atoms with Gasteiger partial charge >= 0.3 is 5.97 Å². The number of aromatic nitrogens is 2. The third-order valence-corrected chi connectivity index (χ3v) is 5.02. The molecule has 1 amide bonds. The fourth-order valence-corrected chi connectivity index (χ4v) is 3.62. The number of hydrogen-bond donors (Lipinski definition) is 1. The van der Waals surface area contributed by atoms with E-state index < -0.39 is 5.97 Å². The number of benzene rings is 1. The smallest absolute Gasteiger partial charge is 0.335 e. The zero-order valence-corrected chi connectivity index (χ0v) is 15.1. The molecule has 6 nitrogen and oxygen atoms in total. The van der Waals surface area contributed by atoms with Crippen LogP contribution in [-0.4, -0.2) is 44.5 Å². The molecule has 2 heterocycles. The Bertz CT molecular complexity index is 784. The van der Waals surface area contributed by atoms with Gasteiger partial charge in [-0.05, 0) is 36.5 Å². The summed E-state index contributed by atoms with van der Waals surface area (Å²) in [7, 11) is 0. The lowest BCUT2D eigenvalue weighted by Gasteiger charge is -2.17. The molecular weight excluding hydrogens is 330 g/mol. The Morgan fingerprint density at radius 3 is 2.96 bits per heavy atom. The predicted octanol–water partition coefficient (Wildman–Crippen LogP) is 2.62. The number of aryl methyl sites for hydroxylation is 2. The van der Waals surface area contributed by atoms with Gasteiger partial charge in [0, 0.05) is 44.9 Å². The van der Waals surface area contributed by atoms with E-state index in [-0.39, 0.29) is 5.91 Å². The lowest BCUT2D eigenvalue weighted by Crippen LogP contribution is -2.29. The number of rotatable bonds is 7. The number of carbonyl (C=O) groups excluding carboxylic acids is 1. The van der Waals surface area contributed by atoms with Crippen LogP contribution in [0.4, 0.5) is 0 Å². The summed E-state index contributed by atoms with van der Waals surface area (Å²) in [6.45, 7) is 4.27. The van der Waals surface area contributed by atoms with Gasteiger partial charge in [-0.15, -0.1) is 0 Å². The summed E-state index contributed by atoms with van der Waals surface area (Å²) in [6, 6.07) is 7.09. The average Bonchev–Trinajstić information content (AvgIpc) is 3.29. The van der Waals surface area contributed by atoms with Crippen LogP contribution in [0, 0.1) is 5.92 Å². The Balaban J connectivity index is 1.51. The Hall–Kier alpha value is -2.63. The van der Waals surface area contributed by atoms with Crippen molar-refractivity contribution in [1.82, 2.24) is 14.5 Å². The number of likely N-dealkylation sites (tertiary alicyclic amines) is 1. The molecule has 1 atom stereocenters. The SMILES string of the molecule is CCc1nccn1CCC(=O)N1CCC(Cc2cccc(C(=O)O)c2)C1. The summed E-state index contributed by atoms with van der Waals surface area (Å²) < 4.78 is 2.04. The number of carboxylic acids is 1. The molecule has 0 bridgehead atoms. The fourth-order valence-electron chi connectivity index (χ4n) is 3.62. The highest BCUT2D eigenvalue weighted by Crippen LogP contribution is 2.22. The Kier molecular flexibility index (Phi) is 5.71. The summed E-state index contributed by atoms with van der Waals surface area (Å²) in [5.41, 5.74) is 1.34. The van der Waals surface area contributed by atoms with E-state index in [1.54, 1.807) is 24.4 Å². The molecular formula is C20H25N3O3. The largest absolute Gasteiger partial charge is 0.478 e. The molecule has 2 aromatic rings. The second kappa shape index (κ2) is 8.17. The maximum atomic E-state index is 12.5. The van der Waals surface area contributed by atoms with Gasteiger partial charge < -0.3 is 14.6 Å². The highest BCUT2D eigenvalue weighted by molar-refractivity contribution is 5.87. The predicted molar refractivity (Wildman–Crippen MR) is 98.0 cm³/mol. The third kappa shape index (κ3) is 4.31. The molecule has 1 aromatic heterocycles. The lowest BCUT2D eigenvalue weighted by molar-refractivity contribution is -0.130. The van der Waals surface area contributed by atoms with E-state index in [1.165, 1.54) is 0 Å². The quantitative estimate of drug-likeness (QED) is 0.828. The molecule has 1 saturated heterocycles. The van der Waals surface area contributed by atoms with Crippen molar-refractivity contribution in [2.24, 2.45) is 5.92 Å². The van der Waals surface area contributed by atoms with Gasteiger partial charge in [0.1, 0.15) is 5.82 Å². The normalized spacial score (nSPS) is 16.8. The Labute approximate surface area is 153 Å². The zero-order chi connectivity index (χ0) is 18.5. The molecule has 1 aliphatic heterocycles. The summed E-state index contributed by atoms with van der Waals surface area (Å²) in [5, 5.41) is 9.10. The Morgan fingerprint density at radius 2 is 2.19 bits per heavy atom. The van der Waals surface area contributed by atoms with Crippen LogP contribution in [0.3, 0.4) is 0 Å². The topological polar surface area (TPSA) is 75.4 Å². The van der Waals surface area contributed by atoms with E-state index in [0.29, 0.717) is 24.4 Å². The highest BCUT2D eigenvalue weighted by atomic mass is 16.4. The van der Waals surface area contributed by atoms with Crippen LogP contribution in [0.1, 0.15) is 41.5 Å². The van der Waals surface area contributed by atoms with E-state index in [4.69, 9.17) is 5.11 Å². The third-order valence-electron chi connectivity index (χ3n) is 5.02. The molecule has 1 unspecified atom stereocenters. The van der Waals surface area contributed by atoms with Gasteiger partial charge in [0.05, 0.1) is 5.56 Å². The Morgan fingerprint density at radius 1 is 1.35 bits per heavy atom. The number of amides is 1. The summed E-state index contributed by atoms with van der Waals surface area (Å²) in [5.74, 6) is 0.682. The van der Waals surface area contributed by atoms with Gasteiger partial charge in [-0.25, -0.2) is 9.78 Å². The fraction of sp³-hybridized carbons (Fsp3) is 0.450. The van der Waals surface area contributed by atoms with E-state index >= 15 is 0 Å². The number of carboxylic acid groups (broad SMARTS) is 1. The second-order valence-corrected chi connectivity index (χ2v) is 6.84. The van der Waals surface area contributed by atoms with Gasteiger partial charge in [0.25, 0.3) is 0 Å². The maximum absolute atomic E-state index is 12.5. The summed E-state index contributed by atoms with van der Waals surface area (Å²) >= 11 is 0. The molecule has 138 valence electrons. The van der Waals surface area contributed by atoms with Crippen molar-refractivity contribution in [3.05, 3.63) is 53.6 Å². The molecule has 1 fully saturated rings. The van der Waals surface area contributed by atoms with Crippen molar-refractivity contribution >= 4 is 11.9 Å². The molecule has 3 rings (SSSR count). The van der Waals surface area contributed by atoms with E-state index in [9.17, 15) is 9.59 Å². The first kappa shape index (κ1) is 18.2. The maximum Gasteiger partial charge on any atom is 0.335 e. The van der Waals surface area contributed by atoms with Crippen molar-refractivity contribution in [1.29, 1.82) is 0 Å². The van der Waals surface area contributed by atoms with Gasteiger partial charge in [0.15, 0.2) is 0 Å². The first-order valence-electron chi connectivity index (χ1n) is 9.16. The van der Waals surface area contributed by atoms with E-state index in [1.807, 2.05) is 21.7 Å². The summed E-state index contributed by atoms with van der Waals surface area (Å²) in [6.07, 6.45) is 6.84. The molecule has 0 aliphatic carbocycles. The highest BCUT2D eigenvalue weighted by Gasteiger charge is 2.26. The van der Waals surface area contributed by atoms with Crippen molar-refractivity contribution in [3.8, 4) is 0 Å². The molecule has 26 heavy (non-hydrogen) atoms. The van der Waals surface area contributed by atoms with E-state index in [2.05, 4.69) is 11.9 Å². The average molecular weight is 355 g/mol. The number of imidazole rings is 1. The second-order valence-electron chi connectivity index (χ2n) is 6.84. The number of hydrogen-bond acceptors (Lipinski definition) is 3. The molecule has 0 spiro atoms. The number of aromatic carboxylic acids is 1. The van der Waals surface area contributed by atoms with Crippen LogP contribution >= 0.6 is 0 Å². The van der Waals surface area contributed by atoms with Crippen LogP contribution in [0.15, 0.2) is 36.7 Å². The minimum absolute atomic E-state index is 0.183. The number of nitrogens with zero attached hydrogens (tertiary/aromatic N) is 3. The molecule has 1 aliphatic rings. The van der Waals surface area contributed by atoms with Gasteiger partial charge in [0.2, 0.25) is 5.91 Å². The van der Waals surface area contributed by atoms with Crippen LogP contribution in [-0.2, 0) is 24.2 Å². The van der Waals surface area contributed by atoms with Crippen molar-refractivity contribution in [2.45, 2.75) is 39.2 Å². The monoisotopic (exact) mass is 355 g/mol. The molecule has 1 N–H and O–H groups in total. The standard InChI is InChI=1S/C20H25N3O3/c1-2-18-21-8-11-22(18)10-7-19(24)23-9-6-16(14-23)12-15-4-3-5-17(13-15)20(25)26/h3-5,8,11,13,16H,2,6-7,9-10,12,14H2,1H3,(H,25,26). The minimum Gasteiger partial charge on any atom is -0.478 e. The van der Waals surface area contributed by atoms with Crippen LogP contribution in [0.25, 0.3) is 0 Å². The molecule has 0 radical (unpaired) electrons. The van der Waals surface area contributed by atoms with Crippen molar-refractivity contribution < 1.29 is 14.7 Å². The molecule has 6 heteroatoms. The lowest BCUT2D eigenvalue weighted by atomic mass is 9.97. The summed E-state index contributed by atoms with van der Waals surface area (Å²) in [4.78, 5) is 29.8.